The van der Waals surface area contributed by atoms with Crippen molar-refractivity contribution in [3.63, 3.8) is 0 Å². The van der Waals surface area contributed by atoms with E-state index in [1.165, 1.54) is 11.0 Å². The summed E-state index contributed by atoms with van der Waals surface area (Å²) >= 11 is 0. The fourth-order valence-corrected chi connectivity index (χ4v) is 2.25. The van der Waals surface area contributed by atoms with E-state index in [1.54, 1.807) is 0 Å². The summed E-state index contributed by atoms with van der Waals surface area (Å²) in [6.07, 6.45) is 2.74. The number of halogens is 2. The lowest BCUT2D eigenvalue weighted by molar-refractivity contribution is 0.00703. The molecule has 1 unspecified atom stereocenters. The molecule has 1 saturated heterocycles. The predicted octanol–water partition coefficient (Wildman–Crippen LogP) is 2.00. The summed E-state index contributed by atoms with van der Waals surface area (Å²) in [5, 5.41) is 0. The third kappa shape index (κ3) is 3.07. The van der Waals surface area contributed by atoms with Gasteiger partial charge in [-0.05, 0) is 25.8 Å². The largest absolute Gasteiger partial charge is 0.377 e. The van der Waals surface area contributed by atoms with Gasteiger partial charge >= 0.3 is 0 Å². The Hall–Kier alpha value is -1.56. The molecule has 2 rings (SSSR count). The molecule has 0 radical (unpaired) electrons. The molecular formula is C13H16F2N2O2. The lowest BCUT2D eigenvalue weighted by atomic mass is 10.1. The molecule has 1 amide bonds. The summed E-state index contributed by atoms with van der Waals surface area (Å²) in [6.45, 7) is 3.41. The van der Waals surface area contributed by atoms with Gasteiger partial charge in [0.1, 0.15) is 0 Å². The average molecular weight is 270 g/mol. The molecule has 104 valence electrons. The molecule has 0 aliphatic carbocycles. The van der Waals surface area contributed by atoms with Crippen LogP contribution in [-0.4, -0.2) is 41.6 Å². The summed E-state index contributed by atoms with van der Waals surface area (Å²) in [5.74, 6) is -2.95. The third-order valence-electron chi connectivity index (χ3n) is 3.14. The lowest BCUT2D eigenvalue weighted by Gasteiger charge is -2.32. The predicted molar refractivity (Wildman–Crippen MR) is 64.7 cm³/mol. The summed E-state index contributed by atoms with van der Waals surface area (Å²) in [6, 6.07) is 1.20. The Morgan fingerprint density at radius 1 is 1.58 bits per heavy atom. The first kappa shape index (κ1) is 13.9. The van der Waals surface area contributed by atoms with Gasteiger partial charge in [-0.1, -0.05) is 0 Å². The van der Waals surface area contributed by atoms with Crippen molar-refractivity contribution in [3.8, 4) is 0 Å². The number of hydrogen-bond acceptors (Lipinski definition) is 3. The van der Waals surface area contributed by atoms with Crippen LogP contribution in [0.25, 0.3) is 0 Å². The number of hydrogen-bond donors (Lipinski definition) is 0. The van der Waals surface area contributed by atoms with E-state index in [0.29, 0.717) is 19.7 Å². The fourth-order valence-electron chi connectivity index (χ4n) is 2.25. The fraction of sp³-hybridized carbons (Fsp3) is 0.538. The minimum atomic E-state index is -1.25. The second kappa shape index (κ2) is 6.06. The number of carbonyl (C=O) groups is 1. The molecule has 0 N–H and O–H groups in total. The Kier molecular flexibility index (Phi) is 4.42. The Morgan fingerprint density at radius 2 is 2.37 bits per heavy atom. The van der Waals surface area contributed by atoms with E-state index < -0.39 is 17.7 Å². The number of ether oxygens (including phenoxy) is 1. The number of aromatic nitrogens is 1. The topological polar surface area (TPSA) is 42.4 Å². The van der Waals surface area contributed by atoms with Crippen molar-refractivity contribution in [2.24, 2.45) is 0 Å². The van der Waals surface area contributed by atoms with E-state index in [2.05, 4.69) is 4.98 Å². The van der Waals surface area contributed by atoms with Gasteiger partial charge in [-0.2, -0.15) is 4.39 Å². The molecule has 1 aromatic heterocycles. The van der Waals surface area contributed by atoms with Gasteiger partial charge in [0.2, 0.25) is 5.95 Å². The van der Waals surface area contributed by atoms with Crippen molar-refractivity contribution in [2.75, 3.05) is 19.7 Å². The van der Waals surface area contributed by atoms with Gasteiger partial charge in [0.25, 0.3) is 5.91 Å². The van der Waals surface area contributed by atoms with Gasteiger partial charge in [0.05, 0.1) is 11.7 Å². The minimum Gasteiger partial charge on any atom is -0.377 e. The summed E-state index contributed by atoms with van der Waals surface area (Å²) in [4.78, 5) is 16.8. The van der Waals surface area contributed by atoms with Crippen LogP contribution in [-0.2, 0) is 4.74 Å². The van der Waals surface area contributed by atoms with Crippen molar-refractivity contribution >= 4 is 5.91 Å². The second-order valence-electron chi connectivity index (χ2n) is 4.43. The summed E-state index contributed by atoms with van der Waals surface area (Å²) in [5.41, 5.74) is -0.273. The zero-order chi connectivity index (χ0) is 13.8. The maximum Gasteiger partial charge on any atom is 0.257 e. The number of amides is 1. The molecular weight excluding hydrogens is 254 g/mol. The lowest BCUT2D eigenvalue weighted by Crippen LogP contribution is -2.43. The van der Waals surface area contributed by atoms with Crippen LogP contribution >= 0.6 is 0 Å². The normalized spacial score (nSPS) is 19.5. The molecule has 1 atom stereocenters. The van der Waals surface area contributed by atoms with Crippen LogP contribution in [0.15, 0.2) is 12.3 Å². The Labute approximate surface area is 110 Å². The first-order chi connectivity index (χ1) is 9.13. The van der Waals surface area contributed by atoms with E-state index in [1.807, 2.05) is 6.92 Å². The molecule has 0 saturated carbocycles. The third-order valence-corrected chi connectivity index (χ3v) is 3.14. The van der Waals surface area contributed by atoms with Crippen molar-refractivity contribution in [2.45, 2.75) is 25.9 Å². The molecule has 4 nitrogen and oxygen atoms in total. The first-order valence-corrected chi connectivity index (χ1v) is 6.34. The molecule has 1 aliphatic heterocycles. The molecule has 0 aromatic carbocycles. The minimum absolute atomic E-state index is 0.0301. The van der Waals surface area contributed by atoms with E-state index in [4.69, 9.17) is 4.74 Å². The first-order valence-electron chi connectivity index (χ1n) is 6.34. The smallest absolute Gasteiger partial charge is 0.257 e. The van der Waals surface area contributed by atoms with E-state index in [0.717, 1.165) is 19.0 Å². The average Bonchev–Trinajstić information content (AvgIpc) is 2.42. The van der Waals surface area contributed by atoms with Crippen LogP contribution in [0.4, 0.5) is 8.78 Å². The zero-order valence-corrected chi connectivity index (χ0v) is 10.7. The van der Waals surface area contributed by atoms with Crippen LogP contribution < -0.4 is 0 Å². The van der Waals surface area contributed by atoms with E-state index in [-0.39, 0.29) is 11.7 Å². The van der Waals surface area contributed by atoms with Crippen molar-refractivity contribution in [1.29, 1.82) is 0 Å². The van der Waals surface area contributed by atoms with Gasteiger partial charge in [-0.25, -0.2) is 9.37 Å². The molecule has 6 heteroatoms. The SMILES string of the molecule is CCOC1CCCN(C(=O)c2ccnc(F)c2F)C1. The Balaban J connectivity index is 2.12. The molecule has 19 heavy (non-hydrogen) atoms. The Morgan fingerprint density at radius 3 is 3.11 bits per heavy atom. The van der Waals surface area contributed by atoms with Crippen LogP contribution in [0.5, 0.6) is 0 Å². The molecule has 1 aromatic rings. The quantitative estimate of drug-likeness (QED) is 0.789. The number of piperidine rings is 1. The van der Waals surface area contributed by atoms with Crippen LogP contribution in [0.1, 0.15) is 30.1 Å². The summed E-state index contributed by atoms with van der Waals surface area (Å²) in [7, 11) is 0. The maximum absolute atomic E-state index is 13.5. The van der Waals surface area contributed by atoms with Crippen molar-refractivity contribution < 1.29 is 18.3 Å². The monoisotopic (exact) mass is 270 g/mol. The number of pyridine rings is 1. The van der Waals surface area contributed by atoms with Crippen LogP contribution in [0.3, 0.4) is 0 Å². The molecule has 0 spiro atoms. The maximum atomic E-state index is 13.5. The highest BCUT2D eigenvalue weighted by atomic mass is 19.2. The van der Waals surface area contributed by atoms with Gasteiger partial charge in [0, 0.05) is 25.9 Å². The second-order valence-corrected chi connectivity index (χ2v) is 4.43. The zero-order valence-electron chi connectivity index (χ0n) is 10.7. The van der Waals surface area contributed by atoms with Gasteiger partial charge in [-0.3, -0.25) is 4.79 Å². The highest BCUT2D eigenvalue weighted by Crippen LogP contribution is 2.18. The van der Waals surface area contributed by atoms with Gasteiger partial charge < -0.3 is 9.64 Å². The summed E-state index contributed by atoms with van der Waals surface area (Å²) < 4.78 is 32.0. The van der Waals surface area contributed by atoms with E-state index >= 15 is 0 Å². The number of likely N-dealkylation sites (tertiary alicyclic amines) is 1. The highest BCUT2D eigenvalue weighted by Gasteiger charge is 2.27. The van der Waals surface area contributed by atoms with Crippen LogP contribution in [0.2, 0.25) is 0 Å². The van der Waals surface area contributed by atoms with Crippen LogP contribution in [0, 0.1) is 11.8 Å². The number of nitrogens with zero attached hydrogens (tertiary/aromatic N) is 2. The number of carbonyl (C=O) groups excluding carboxylic acids is 1. The van der Waals surface area contributed by atoms with Crippen molar-refractivity contribution in [1.82, 2.24) is 9.88 Å². The Bertz CT molecular complexity index is 466. The highest BCUT2D eigenvalue weighted by molar-refractivity contribution is 5.94. The molecule has 1 aliphatic rings. The van der Waals surface area contributed by atoms with E-state index in [9.17, 15) is 13.6 Å². The molecule has 2 heterocycles. The molecule has 0 bridgehead atoms. The standard InChI is InChI=1S/C13H16F2N2O2/c1-2-19-9-4-3-7-17(8-9)13(18)10-5-6-16-12(15)11(10)14/h5-6,9H,2-4,7-8H2,1H3. The van der Waals surface area contributed by atoms with Crippen molar-refractivity contribution in [3.05, 3.63) is 29.6 Å². The van der Waals surface area contributed by atoms with Gasteiger partial charge in [-0.15, -0.1) is 0 Å². The molecule has 1 fully saturated rings. The number of rotatable bonds is 3. The van der Waals surface area contributed by atoms with Gasteiger partial charge in [0.15, 0.2) is 5.82 Å².